The second kappa shape index (κ2) is 8.11. The summed E-state index contributed by atoms with van der Waals surface area (Å²) in [5.41, 5.74) is 2.41. The molecule has 0 aliphatic rings. The maximum Gasteiger partial charge on any atom is 0.338 e. The van der Waals surface area contributed by atoms with Crippen LogP contribution in [0.1, 0.15) is 21.5 Å². The molecule has 136 valence electrons. The Labute approximate surface area is 150 Å². The third-order valence-corrected chi connectivity index (χ3v) is 3.95. The summed E-state index contributed by atoms with van der Waals surface area (Å²) in [6, 6.07) is 9.56. The van der Waals surface area contributed by atoms with Gasteiger partial charge in [0.15, 0.2) is 0 Å². The lowest BCUT2D eigenvalue weighted by molar-refractivity contribution is -0.385. The molecule has 0 atom stereocenters. The van der Waals surface area contributed by atoms with Crippen molar-refractivity contribution in [1.29, 1.82) is 0 Å². The average molecular weight is 357 g/mol. The third-order valence-electron chi connectivity index (χ3n) is 3.95. The van der Waals surface area contributed by atoms with E-state index < -0.39 is 10.9 Å². The number of esters is 1. The van der Waals surface area contributed by atoms with E-state index in [4.69, 9.17) is 4.74 Å². The van der Waals surface area contributed by atoms with Crippen molar-refractivity contribution in [2.24, 2.45) is 0 Å². The number of methoxy groups -OCH3 is 1. The minimum atomic E-state index is -0.495. The molecular formula is C18H19N3O5. The lowest BCUT2D eigenvalue weighted by atomic mass is 10.1. The van der Waals surface area contributed by atoms with Crippen molar-refractivity contribution in [2.45, 2.75) is 13.8 Å². The lowest BCUT2D eigenvalue weighted by Gasteiger charge is -2.13. The highest BCUT2D eigenvalue weighted by Crippen LogP contribution is 2.25. The molecule has 2 aromatic carbocycles. The number of carbonyl (C=O) groups excluding carboxylic acids is 2. The molecule has 8 nitrogen and oxygen atoms in total. The van der Waals surface area contributed by atoms with Crippen LogP contribution in [0.2, 0.25) is 0 Å². The van der Waals surface area contributed by atoms with E-state index >= 15 is 0 Å². The first-order valence-electron chi connectivity index (χ1n) is 7.80. The Balaban J connectivity index is 2.08. The van der Waals surface area contributed by atoms with Crippen LogP contribution in [0, 0.1) is 24.0 Å². The molecule has 0 saturated carbocycles. The zero-order chi connectivity index (χ0) is 19.3. The molecule has 0 fully saturated rings. The highest BCUT2D eigenvalue weighted by molar-refractivity contribution is 5.96. The van der Waals surface area contributed by atoms with Crippen LogP contribution in [0.4, 0.5) is 17.1 Å². The van der Waals surface area contributed by atoms with Crippen LogP contribution >= 0.6 is 0 Å². The number of anilines is 2. The zero-order valence-corrected chi connectivity index (χ0v) is 14.7. The first kappa shape index (κ1) is 18.9. The molecule has 26 heavy (non-hydrogen) atoms. The zero-order valence-electron chi connectivity index (χ0n) is 14.7. The number of nitro benzene ring substituents is 1. The quantitative estimate of drug-likeness (QED) is 0.467. The van der Waals surface area contributed by atoms with Crippen molar-refractivity contribution < 1.29 is 19.2 Å². The predicted octanol–water partition coefficient (Wildman–Crippen LogP) is 3.05. The molecule has 0 heterocycles. The van der Waals surface area contributed by atoms with Crippen molar-refractivity contribution in [3.05, 3.63) is 63.2 Å². The molecule has 0 aliphatic heterocycles. The van der Waals surface area contributed by atoms with Gasteiger partial charge in [-0.05, 0) is 37.6 Å². The van der Waals surface area contributed by atoms with E-state index in [1.54, 1.807) is 38.1 Å². The smallest absolute Gasteiger partial charge is 0.338 e. The summed E-state index contributed by atoms with van der Waals surface area (Å²) in [7, 11) is 1.30. The summed E-state index contributed by atoms with van der Waals surface area (Å²) in [6.07, 6.45) is 0. The molecule has 2 N–H and O–H groups in total. The van der Waals surface area contributed by atoms with Gasteiger partial charge in [-0.3, -0.25) is 14.9 Å². The number of ether oxygens (including phenoxy) is 1. The average Bonchev–Trinajstić information content (AvgIpc) is 2.61. The van der Waals surface area contributed by atoms with Crippen molar-refractivity contribution in [1.82, 2.24) is 0 Å². The number of rotatable bonds is 6. The fourth-order valence-corrected chi connectivity index (χ4v) is 2.48. The lowest BCUT2D eigenvalue weighted by Crippen LogP contribution is -2.23. The van der Waals surface area contributed by atoms with Gasteiger partial charge < -0.3 is 15.4 Å². The number of hydrogen-bond acceptors (Lipinski definition) is 6. The molecule has 0 aliphatic carbocycles. The standard InChI is InChI=1S/C18H19N3O5/c1-11-13(18(23)26-3)6-4-7-14(11)19-10-17(22)20-15-8-5-9-16(12(15)2)21(24)25/h4-9,19H,10H2,1-3H3,(H,20,22). The number of nitrogens with zero attached hydrogens (tertiary/aromatic N) is 1. The van der Waals surface area contributed by atoms with Crippen molar-refractivity contribution in [2.75, 3.05) is 24.3 Å². The normalized spacial score (nSPS) is 10.1. The second-order valence-corrected chi connectivity index (χ2v) is 5.58. The topological polar surface area (TPSA) is 111 Å². The molecule has 0 aromatic heterocycles. The van der Waals surface area contributed by atoms with E-state index in [0.29, 0.717) is 28.1 Å². The Hall–Kier alpha value is -3.42. The molecule has 0 bridgehead atoms. The molecule has 0 unspecified atom stereocenters. The van der Waals surface area contributed by atoms with Gasteiger partial charge in [-0.1, -0.05) is 12.1 Å². The molecule has 2 aromatic rings. The van der Waals surface area contributed by atoms with E-state index in [1.165, 1.54) is 19.2 Å². The largest absolute Gasteiger partial charge is 0.465 e. The summed E-state index contributed by atoms with van der Waals surface area (Å²) >= 11 is 0. The maximum absolute atomic E-state index is 12.2. The number of amides is 1. The van der Waals surface area contributed by atoms with Crippen molar-refractivity contribution in [3.63, 3.8) is 0 Å². The molecule has 0 spiro atoms. The van der Waals surface area contributed by atoms with E-state index in [9.17, 15) is 19.7 Å². The Morgan fingerprint density at radius 1 is 1.08 bits per heavy atom. The van der Waals surface area contributed by atoms with E-state index in [-0.39, 0.29) is 18.1 Å². The number of hydrogen-bond donors (Lipinski definition) is 2. The fraction of sp³-hybridized carbons (Fsp3) is 0.222. The SMILES string of the molecule is COC(=O)c1cccc(NCC(=O)Nc2cccc([N+](=O)[O-])c2C)c1C. The summed E-state index contributed by atoms with van der Waals surface area (Å²) in [6.45, 7) is 3.26. The van der Waals surface area contributed by atoms with E-state index in [1.807, 2.05) is 0 Å². The Morgan fingerprint density at radius 2 is 1.73 bits per heavy atom. The molecule has 2 rings (SSSR count). The van der Waals surface area contributed by atoms with E-state index in [2.05, 4.69) is 10.6 Å². The summed E-state index contributed by atoms with van der Waals surface area (Å²) in [5, 5.41) is 16.6. The maximum atomic E-state index is 12.2. The number of carbonyl (C=O) groups is 2. The van der Waals surface area contributed by atoms with Crippen LogP contribution in [0.25, 0.3) is 0 Å². The van der Waals surface area contributed by atoms with Gasteiger partial charge in [-0.15, -0.1) is 0 Å². The van der Waals surface area contributed by atoms with Crippen molar-refractivity contribution >= 4 is 28.9 Å². The van der Waals surface area contributed by atoms with Gasteiger partial charge in [-0.25, -0.2) is 4.79 Å². The van der Waals surface area contributed by atoms with Crippen LogP contribution in [0.3, 0.4) is 0 Å². The fourth-order valence-electron chi connectivity index (χ4n) is 2.48. The van der Waals surface area contributed by atoms with Crippen LogP contribution in [-0.4, -0.2) is 30.5 Å². The second-order valence-electron chi connectivity index (χ2n) is 5.58. The van der Waals surface area contributed by atoms with E-state index in [0.717, 1.165) is 0 Å². The first-order valence-corrected chi connectivity index (χ1v) is 7.80. The van der Waals surface area contributed by atoms with Crippen molar-refractivity contribution in [3.8, 4) is 0 Å². The van der Waals surface area contributed by atoms with Gasteiger partial charge in [-0.2, -0.15) is 0 Å². The highest BCUT2D eigenvalue weighted by atomic mass is 16.6. The highest BCUT2D eigenvalue weighted by Gasteiger charge is 2.15. The molecule has 1 amide bonds. The Morgan fingerprint density at radius 3 is 2.38 bits per heavy atom. The third kappa shape index (κ3) is 4.15. The minimum absolute atomic E-state index is 0.0580. The Bertz CT molecular complexity index is 864. The van der Waals surface area contributed by atoms with Crippen LogP contribution in [-0.2, 0) is 9.53 Å². The van der Waals surface area contributed by atoms with Gasteiger partial charge in [0.2, 0.25) is 5.91 Å². The number of nitrogens with one attached hydrogen (secondary N) is 2. The van der Waals surface area contributed by atoms with Crippen LogP contribution in [0.15, 0.2) is 36.4 Å². The Kier molecular flexibility index (Phi) is 5.90. The minimum Gasteiger partial charge on any atom is -0.465 e. The summed E-state index contributed by atoms with van der Waals surface area (Å²) < 4.78 is 4.72. The molecule has 0 saturated heterocycles. The molecule has 8 heteroatoms. The van der Waals surface area contributed by atoms with Gasteiger partial charge >= 0.3 is 5.97 Å². The van der Waals surface area contributed by atoms with Crippen LogP contribution in [0.5, 0.6) is 0 Å². The summed E-state index contributed by atoms with van der Waals surface area (Å²) in [4.78, 5) is 34.3. The predicted molar refractivity (Wildman–Crippen MR) is 97.5 cm³/mol. The number of nitro groups is 1. The summed E-state index contributed by atoms with van der Waals surface area (Å²) in [5.74, 6) is -0.820. The monoisotopic (exact) mass is 357 g/mol. The molecular weight excluding hydrogens is 338 g/mol. The first-order chi connectivity index (χ1) is 12.3. The number of benzene rings is 2. The van der Waals surface area contributed by atoms with Gasteiger partial charge in [0.25, 0.3) is 5.69 Å². The van der Waals surface area contributed by atoms with Gasteiger partial charge in [0, 0.05) is 11.8 Å². The molecule has 0 radical (unpaired) electrons. The van der Waals surface area contributed by atoms with Gasteiger partial charge in [0.05, 0.1) is 35.4 Å². The van der Waals surface area contributed by atoms with Gasteiger partial charge in [0.1, 0.15) is 0 Å². The van der Waals surface area contributed by atoms with Crippen LogP contribution < -0.4 is 10.6 Å².